The molecular weight excluding hydrogens is 162 g/mol. The molecule has 0 bridgehead atoms. The van der Waals surface area contributed by atoms with Gasteiger partial charge in [0.25, 0.3) is 0 Å². The fourth-order valence-electron chi connectivity index (χ4n) is 1.16. The summed E-state index contributed by atoms with van der Waals surface area (Å²) in [4.78, 5) is 14.5. The third-order valence-electron chi connectivity index (χ3n) is 1.78. The SMILES string of the molecule is CN=C(C(C)=C=O)c1ccccc1. The Labute approximate surface area is 77.6 Å². The molecule has 0 saturated carbocycles. The lowest BCUT2D eigenvalue weighted by atomic mass is 10.1. The van der Waals surface area contributed by atoms with Crippen LogP contribution in [-0.2, 0) is 4.79 Å². The maximum Gasteiger partial charge on any atom is 0.129 e. The van der Waals surface area contributed by atoms with Crippen LogP contribution in [0.2, 0.25) is 0 Å². The Hall–Kier alpha value is -1.66. The molecule has 0 amide bonds. The van der Waals surface area contributed by atoms with E-state index in [1.165, 1.54) is 0 Å². The lowest BCUT2D eigenvalue weighted by molar-refractivity contribution is 0.568. The summed E-state index contributed by atoms with van der Waals surface area (Å²) in [6.07, 6.45) is 0. The smallest absolute Gasteiger partial charge is 0.129 e. The number of hydrogen-bond acceptors (Lipinski definition) is 2. The second-order valence-corrected chi connectivity index (χ2v) is 2.67. The van der Waals surface area contributed by atoms with Crippen molar-refractivity contribution >= 4 is 11.7 Å². The van der Waals surface area contributed by atoms with E-state index >= 15 is 0 Å². The molecule has 1 aromatic carbocycles. The Kier molecular flexibility index (Phi) is 3.18. The Balaban J connectivity index is 3.14. The molecule has 0 spiro atoms. The first kappa shape index (κ1) is 9.43. The van der Waals surface area contributed by atoms with Gasteiger partial charge in [0.05, 0.1) is 11.3 Å². The van der Waals surface area contributed by atoms with Crippen molar-refractivity contribution in [3.63, 3.8) is 0 Å². The van der Waals surface area contributed by atoms with Crippen molar-refractivity contribution in [2.24, 2.45) is 4.99 Å². The van der Waals surface area contributed by atoms with E-state index in [0.717, 1.165) is 5.56 Å². The highest BCUT2D eigenvalue weighted by atomic mass is 16.1. The molecule has 0 aliphatic rings. The van der Waals surface area contributed by atoms with Crippen LogP contribution in [-0.4, -0.2) is 18.7 Å². The molecule has 0 radical (unpaired) electrons. The molecule has 66 valence electrons. The number of rotatable bonds is 2. The molecule has 0 aliphatic heterocycles. The van der Waals surface area contributed by atoms with E-state index in [1.54, 1.807) is 14.0 Å². The topological polar surface area (TPSA) is 29.4 Å². The van der Waals surface area contributed by atoms with Crippen molar-refractivity contribution in [2.75, 3.05) is 7.05 Å². The monoisotopic (exact) mass is 173 g/mol. The number of carbonyl (C=O) groups excluding carboxylic acids is 1. The van der Waals surface area contributed by atoms with E-state index < -0.39 is 0 Å². The van der Waals surface area contributed by atoms with E-state index in [1.807, 2.05) is 36.3 Å². The Morgan fingerprint density at radius 2 is 1.92 bits per heavy atom. The maximum absolute atomic E-state index is 10.4. The van der Waals surface area contributed by atoms with Gasteiger partial charge in [0, 0.05) is 12.6 Å². The third kappa shape index (κ3) is 2.14. The number of allylic oxidation sites excluding steroid dienone is 1. The van der Waals surface area contributed by atoms with Crippen LogP contribution in [0.1, 0.15) is 12.5 Å². The van der Waals surface area contributed by atoms with E-state index in [2.05, 4.69) is 4.99 Å². The predicted molar refractivity (Wildman–Crippen MR) is 53.8 cm³/mol. The van der Waals surface area contributed by atoms with Crippen molar-refractivity contribution in [3.05, 3.63) is 41.5 Å². The third-order valence-corrected chi connectivity index (χ3v) is 1.78. The van der Waals surface area contributed by atoms with E-state index in [-0.39, 0.29) is 0 Å². The van der Waals surface area contributed by atoms with Crippen molar-refractivity contribution < 1.29 is 4.79 Å². The minimum atomic E-state index is 0.536. The lowest BCUT2D eigenvalue weighted by Gasteiger charge is -2.01. The van der Waals surface area contributed by atoms with Gasteiger partial charge in [-0.1, -0.05) is 30.3 Å². The van der Waals surface area contributed by atoms with Crippen molar-refractivity contribution in [1.82, 2.24) is 0 Å². The van der Waals surface area contributed by atoms with Crippen molar-refractivity contribution in [3.8, 4) is 0 Å². The van der Waals surface area contributed by atoms with Crippen molar-refractivity contribution in [2.45, 2.75) is 6.92 Å². The summed E-state index contributed by atoms with van der Waals surface area (Å²) < 4.78 is 0. The van der Waals surface area contributed by atoms with Crippen LogP contribution in [0, 0.1) is 0 Å². The molecule has 0 heterocycles. The highest BCUT2D eigenvalue weighted by Crippen LogP contribution is 2.06. The molecule has 0 unspecified atom stereocenters. The minimum Gasteiger partial charge on any atom is -0.287 e. The number of aliphatic imine (C=N–C) groups is 1. The van der Waals surface area contributed by atoms with Crippen LogP contribution in [0.25, 0.3) is 0 Å². The van der Waals surface area contributed by atoms with Crippen molar-refractivity contribution in [1.29, 1.82) is 0 Å². The summed E-state index contributed by atoms with van der Waals surface area (Å²) in [6.45, 7) is 1.71. The quantitative estimate of drug-likeness (QED) is 0.496. The number of hydrogen-bond donors (Lipinski definition) is 0. The van der Waals surface area contributed by atoms with Gasteiger partial charge >= 0.3 is 0 Å². The normalized spacial score (nSPS) is 10.8. The Bertz CT molecular complexity index is 359. The van der Waals surface area contributed by atoms with Gasteiger partial charge < -0.3 is 0 Å². The Morgan fingerprint density at radius 1 is 1.31 bits per heavy atom. The first-order chi connectivity index (χ1) is 6.29. The van der Waals surface area contributed by atoms with Gasteiger partial charge in [-0.2, -0.15) is 0 Å². The summed E-state index contributed by atoms with van der Waals surface area (Å²) in [7, 11) is 1.67. The summed E-state index contributed by atoms with van der Waals surface area (Å²) in [5, 5.41) is 0. The molecule has 1 rings (SSSR count). The van der Waals surface area contributed by atoms with Gasteiger partial charge in [-0.25, -0.2) is 4.79 Å². The van der Waals surface area contributed by atoms with Gasteiger partial charge in [0.15, 0.2) is 0 Å². The standard InChI is InChI=1S/C11H11NO/c1-9(8-13)11(12-2)10-6-4-3-5-7-10/h3-7H,1-2H3. The predicted octanol–water partition coefficient (Wildman–Crippen LogP) is 1.88. The van der Waals surface area contributed by atoms with E-state index in [4.69, 9.17) is 0 Å². The zero-order chi connectivity index (χ0) is 9.68. The van der Waals surface area contributed by atoms with Gasteiger partial charge in [0.2, 0.25) is 0 Å². The second kappa shape index (κ2) is 4.39. The molecule has 2 nitrogen and oxygen atoms in total. The summed E-state index contributed by atoms with van der Waals surface area (Å²) in [5.41, 5.74) is 2.19. The zero-order valence-corrected chi connectivity index (χ0v) is 7.74. The van der Waals surface area contributed by atoms with Crippen LogP contribution in [0.5, 0.6) is 0 Å². The average molecular weight is 173 g/mol. The molecular formula is C11H11NO. The second-order valence-electron chi connectivity index (χ2n) is 2.67. The van der Waals surface area contributed by atoms with Crippen LogP contribution in [0.4, 0.5) is 0 Å². The van der Waals surface area contributed by atoms with Crippen LogP contribution < -0.4 is 0 Å². The average Bonchev–Trinajstić information content (AvgIpc) is 2.20. The molecule has 13 heavy (non-hydrogen) atoms. The summed E-state index contributed by atoms with van der Waals surface area (Å²) >= 11 is 0. The van der Waals surface area contributed by atoms with Crippen LogP contribution in [0.15, 0.2) is 40.9 Å². The summed E-state index contributed by atoms with van der Waals surface area (Å²) in [6, 6.07) is 9.60. The molecule has 1 aromatic rings. The largest absolute Gasteiger partial charge is 0.287 e. The van der Waals surface area contributed by atoms with Gasteiger partial charge in [-0.3, -0.25) is 4.99 Å². The zero-order valence-electron chi connectivity index (χ0n) is 7.74. The van der Waals surface area contributed by atoms with Crippen LogP contribution >= 0.6 is 0 Å². The fraction of sp³-hybridized carbons (Fsp3) is 0.182. The molecule has 0 fully saturated rings. The molecule has 0 aliphatic carbocycles. The molecule has 0 saturated heterocycles. The van der Waals surface area contributed by atoms with E-state index in [0.29, 0.717) is 11.3 Å². The first-order valence-corrected chi connectivity index (χ1v) is 4.04. The first-order valence-electron chi connectivity index (χ1n) is 4.04. The van der Waals surface area contributed by atoms with Gasteiger partial charge in [0.1, 0.15) is 5.94 Å². The molecule has 0 aromatic heterocycles. The highest BCUT2D eigenvalue weighted by Gasteiger charge is 2.03. The lowest BCUT2D eigenvalue weighted by Crippen LogP contribution is -2.02. The molecule has 0 N–H and O–H groups in total. The van der Waals surface area contributed by atoms with Gasteiger partial charge in [-0.05, 0) is 6.92 Å². The number of nitrogens with zero attached hydrogens (tertiary/aromatic N) is 1. The minimum absolute atomic E-state index is 0.536. The Morgan fingerprint density at radius 3 is 2.38 bits per heavy atom. The van der Waals surface area contributed by atoms with Crippen LogP contribution in [0.3, 0.4) is 0 Å². The molecule has 0 atom stereocenters. The fourth-order valence-corrected chi connectivity index (χ4v) is 1.16. The summed E-state index contributed by atoms with van der Waals surface area (Å²) in [5.74, 6) is 1.85. The van der Waals surface area contributed by atoms with E-state index in [9.17, 15) is 4.79 Å². The number of benzene rings is 1. The highest BCUT2D eigenvalue weighted by molar-refractivity contribution is 6.16. The molecule has 2 heteroatoms. The van der Waals surface area contributed by atoms with Gasteiger partial charge in [-0.15, -0.1) is 0 Å². The maximum atomic E-state index is 10.4.